The van der Waals surface area contributed by atoms with Crippen molar-refractivity contribution in [1.82, 2.24) is 0 Å². The standard InChI is InChI=1S/C11H16BrNO/c1-7(2)14-9-4-5-10(8(3)13)11(12)6-9/h4-8H,13H2,1-3H3. The molecule has 78 valence electrons. The number of benzene rings is 1. The molecule has 0 saturated carbocycles. The van der Waals surface area contributed by atoms with Crippen molar-refractivity contribution in [2.24, 2.45) is 5.73 Å². The van der Waals surface area contributed by atoms with E-state index in [0.717, 1.165) is 15.8 Å². The molecule has 0 amide bonds. The Hall–Kier alpha value is -0.540. The Bertz CT molecular complexity index is 310. The molecule has 3 heteroatoms. The van der Waals surface area contributed by atoms with E-state index in [9.17, 15) is 0 Å². The molecule has 1 aromatic rings. The fourth-order valence-electron chi connectivity index (χ4n) is 1.22. The summed E-state index contributed by atoms with van der Waals surface area (Å²) in [5.41, 5.74) is 6.89. The summed E-state index contributed by atoms with van der Waals surface area (Å²) in [4.78, 5) is 0. The summed E-state index contributed by atoms with van der Waals surface area (Å²) in [6, 6.07) is 5.94. The average Bonchev–Trinajstić information content (AvgIpc) is 2.01. The Morgan fingerprint density at radius 1 is 1.29 bits per heavy atom. The average molecular weight is 258 g/mol. The zero-order valence-corrected chi connectivity index (χ0v) is 10.3. The number of ether oxygens (including phenoxy) is 1. The fraction of sp³-hybridized carbons (Fsp3) is 0.455. The first-order valence-corrected chi connectivity index (χ1v) is 5.51. The Kier molecular flexibility index (Phi) is 3.96. The van der Waals surface area contributed by atoms with Crippen LogP contribution in [0.1, 0.15) is 32.4 Å². The lowest BCUT2D eigenvalue weighted by atomic mass is 10.1. The second-order valence-corrected chi connectivity index (χ2v) is 4.49. The third-order valence-corrected chi connectivity index (χ3v) is 2.52. The van der Waals surface area contributed by atoms with Crippen LogP contribution in [-0.4, -0.2) is 6.10 Å². The number of hydrogen-bond donors (Lipinski definition) is 1. The first-order chi connectivity index (χ1) is 6.50. The molecule has 0 radical (unpaired) electrons. The molecule has 1 aromatic carbocycles. The largest absolute Gasteiger partial charge is 0.491 e. The van der Waals surface area contributed by atoms with Crippen LogP contribution in [0.2, 0.25) is 0 Å². The second-order valence-electron chi connectivity index (χ2n) is 3.64. The molecule has 1 rings (SSSR count). The highest BCUT2D eigenvalue weighted by Crippen LogP contribution is 2.27. The lowest BCUT2D eigenvalue weighted by Crippen LogP contribution is -2.08. The van der Waals surface area contributed by atoms with Crippen molar-refractivity contribution >= 4 is 15.9 Å². The third-order valence-electron chi connectivity index (χ3n) is 1.83. The minimum Gasteiger partial charge on any atom is -0.491 e. The maximum atomic E-state index is 5.80. The van der Waals surface area contributed by atoms with Gasteiger partial charge < -0.3 is 10.5 Å². The zero-order valence-electron chi connectivity index (χ0n) is 8.75. The van der Waals surface area contributed by atoms with E-state index in [1.807, 2.05) is 39.0 Å². The summed E-state index contributed by atoms with van der Waals surface area (Å²) in [6.07, 6.45) is 0.197. The molecule has 1 unspecified atom stereocenters. The molecule has 0 saturated heterocycles. The van der Waals surface area contributed by atoms with Gasteiger partial charge in [0.15, 0.2) is 0 Å². The predicted octanol–water partition coefficient (Wildman–Crippen LogP) is 3.26. The normalized spacial score (nSPS) is 13.0. The van der Waals surface area contributed by atoms with Crippen LogP contribution in [0.25, 0.3) is 0 Å². The van der Waals surface area contributed by atoms with Crippen molar-refractivity contribution in [2.75, 3.05) is 0 Å². The van der Waals surface area contributed by atoms with Gasteiger partial charge in [0.25, 0.3) is 0 Å². The van der Waals surface area contributed by atoms with Gasteiger partial charge in [0.2, 0.25) is 0 Å². The molecule has 0 aliphatic rings. The topological polar surface area (TPSA) is 35.2 Å². The first kappa shape index (κ1) is 11.5. The van der Waals surface area contributed by atoms with Crippen LogP contribution in [0.3, 0.4) is 0 Å². The van der Waals surface area contributed by atoms with Gasteiger partial charge in [0.05, 0.1) is 6.10 Å². The number of rotatable bonds is 3. The van der Waals surface area contributed by atoms with Crippen molar-refractivity contribution < 1.29 is 4.74 Å². The van der Waals surface area contributed by atoms with E-state index < -0.39 is 0 Å². The van der Waals surface area contributed by atoms with Crippen molar-refractivity contribution in [3.8, 4) is 5.75 Å². The molecule has 0 spiro atoms. The first-order valence-electron chi connectivity index (χ1n) is 4.72. The van der Waals surface area contributed by atoms with E-state index in [4.69, 9.17) is 10.5 Å². The molecule has 0 fully saturated rings. The van der Waals surface area contributed by atoms with Gasteiger partial charge >= 0.3 is 0 Å². The van der Waals surface area contributed by atoms with E-state index in [1.54, 1.807) is 0 Å². The summed E-state index contributed by atoms with van der Waals surface area (Å²) in [6.45, 7) is 5.98. The maximum absolute atomic E-state index is 5.80. The van der Waals surface area contributed by atoms with Crippen LogP contribution in [-0.2, 0) is 0 Å². The Labute approximate surface area is 93.6 Å². The van der Waals surface area contributed by atoms with Gasteiger partial charge in [-0.15, -0.1) is 0 Å². The van der Waals surface area contributed by atoms with Crippen LogP contribution in [0.4, 0.5) is 0 Å². The van der Waals surface area contributed by atoms with Crippen molar-refractivity contribution in [3.05, 3.63) is 28.2 Å². The SMILES string of the molecule is CC(C)Oc1ccc(C(C)N)c(Br)c1. The summed E-state index contributed by atoms with van der Waals surface area (Å²) < 4.78 is 6.56. The monoisotopic (exact) mass is 257 g/mol. The minimum atomic E-state index is 0.0393. The highest BCUT2D eigenvalue weighted by molar-refractivity contribution is 9.10. The molecular weight excluding hydrogens is 242 g/mol. The number of nitrogens with two attached hydrogens (primary N) is 1. The summed E-state index contributed by atoms with van der Waals surface area (Å²) in [7, 11) is 0. The van der Waals surface area contributed by atoms with Gasteiger partial charge in [-0.1, -0.05) is 22.0 Å². The molecule has 2 nitrogen and oxygen atoms in total. The lowest BCUT2D eigenvalue weighted by molar-refractivity contribution is 0.242. The zero-order chi connectivity index (χ0) is 10.7. The van der Waals surface area contributed by atoms with Crippen LogP contribution < -0.4 is 10.5 Å². The maximum Gasteiger partial charge on any atom is 0.120 e. The predicted molar refractivity (Wildman–Crippen MR) is 62.5 cm³/mol. The van der Waals surface area contributed by atoms with E-state index >= 15 is 0 Å². The highest BCUT2D eigenvalue weighted by atomic mass is 79.9. The van der Waals surface area contributed by atoms with Gasteiger partial charge in [-0.3, -0.25) is 0 Å². The van der Waals surface area contributed by atoms with Crippen LogP contribution in [0.5, 0.6) is 5.75 Å². The summed E-state index contributed by atoms with van der Waals surface area (Å²) >= 11 is 3.48. The quantitative estimate of drug-likeness (QED) is 0.903. The van der Waals surface area contributed by atoms with E-state index in [0.29, 0.717) is 0 Å². The second kappa shape index (κ2) is 4.80. The molecule has 0 aliphatic heterocycles. The van der Waals surface area contributed by atoms with Crippen LogP contribution in [0.15, 0.2) is 22.7 Å². The van der Waals surface area contributed by atoms with E-state index in [2.05, 4.69) is 15.9 Å². The molecule has 1 atom stereocenters. The van der Waals surface area contributed by atoms with Crippen molar-refractivity contribution in [2.45, 2.75) is 32.9 Å². The molecule has 0 heterocycles. The Morgan fingerprint density at radius 3 is 2.36 bits per heavy atom. The minimum absolute atomic E-state index is 0.0393. The van der Waals surface area contributed by atoms with E-state index in [-0.39, 0.29) is 12.1 Å². The molecule has 0 aliphatic carbocycles. The highest BCUT2D eigenvalue weighted by Gasteiger charge is 2.06. The van der Waals surface area contributed by atoms with E-state index in [1.165, 1.54) is 0 Å². The lowest BCUT2D eigenvalue weighted by Gasteiger charge is -2.13. The van der Waals surface area contributed by atoms with Gasteiger partial charge in [-0.2, -0.15) is 0 Å². The smallest absolute Gasteiger partial charge is 0.120 e. The number of halogens is 1. The summed E-state index contributed by atoms with van der Waals surface area (Å²) in [5.74, 6) is 0.872. The Balaban J connectivity index is 2.89. The van der Waals surface area contributed by atoms with Gasteiger partial charge in [-0.25, -0.2) is 0 Å². The number of hydrogen-bond acceptors (Lipinski definition) is 2. The van der Waals surface area contributed by atoms with Gasteiger partial charge in [0.1, 0.15) is 5.75 Å². The third kappa shape index (κ3) is 3.00. The van der Waals surface area contributed by atoms with Crippen molar-refractivity contribution in [3.63, 3.8) is 0 Å². The Morgan fingerprint density at radius 2 is 1.93 bits per heavy atom. The van der Waals surface area contributed by atoms with Crippen LogP contribution in [0, 0.1) is 0 Å². The molecular formula is C11H16BrNO. The molecule has 0 aromatic heterocycles. The van der Waals surface area contributed by atoms with Gasteiger partial charge in [0, 0.05) is 10.5 Å². The molecule has 2 N–H and O–H groups in total. The molecule has 0 bridgehead atoms. The van der Waals surface area contributed by atoms with Crippen LogP contribution >= 0.6 is 15.9 Å². The fourth-order valence-corrected chi connectivity index (χ4v) is 1.94. The molecule has 14 heavy (non-hydrogen) atoms. The van der Waals surface area contributed by atoms with Gasteiger partial charge in [-0.05, 0) is 38.5 Å². The van der Waals surface area contributed by atoms with Crippen molar-refractivity contribution in [1.29, 1.82) is 0 Å². The summed E-state index contributed by atoms with van der Waals surface area (Å²) in [5, 5.41) is 0.